The number of quaternary nitrogens is 1. The van der Waals surface area contributed by atoms with Crippen LogP contribution in [0.3, 0.4) is 0 Å². The van der Waals surface area contributed by atoms with Crippen LogP contribution in [-0.4, -0.2) is 90.4 Å². The number of likely N-dealkylation sites (N-methyl/N-ethyl adjacent to an activating group) is 1. The lowest BCUT2D eigenvalue weighted by Crippen LogP contribution is -2.86. The van der Waals surface area contributed by atoms with Crippen LogP contribution in [0.15, 0.2) is 35.2 Å². The van der Waals surface area contributed by atoms with Crippen molar-refractivity contribution in [1.29, 1.82) is 0 Å². The molecule has 1 amide bonds. The zero-order valence-electron chi connectivity index (χ0n) is 21.9. The van der Waals surface area contributed by atoms with E-state index in [0.29, 0.717) is 18.3 Å². The maximum atomic E-state index is 12.8. The molecule has 200 valence electrons. The number of nitrogens with two attached hydrogens (primary N) is 1. The number of carbonyl (C=O) groups is 1. The van der Waals surface area contributed by atoms with Gasteiger partial charge in [0.15, 0.2) is 0 Å². The van der Waals surface area contributed by atoms with Crippen molar-refractivity contribution in [2.45, 2.75) is 48.5 Å². The normalized spacial score (nSPS) is 21.6. The highest BCUT2D eigenvalue weighted by atomic mass is 32.2. The van der Waals surface area contributed by atoms with E-state index in [4.69, 9.17) is 19.4 Å². The van der Waals surface area contributed by atoms with Gasteiger partial charge in [0.25, 0.3) is 0 Å². The number of hydrogen-bond acceptors (Lipinski definition) is 7. The number of amides is 1. The number of carbonyl (C=O) groups excluding carboxylic acids is 1. The van der Waals surface area contributed by atoms with Crippen LogP contribution in [0.25, 0.3) is 0 Å². The number of benzene rings is 1. The molecular formula is C27H38N5O4S+. The summed E-state index contributed by atoms with van der Waals surface area (Å²) < 4.78 is 23.4. The van der Waals surface area contributed by atoms with E-state index < -0.39 is 10.8 Å². The molecule has 0 spiro atoms. The third-order valence-electron chi connectivity index (χ3n) is 7.98. The van der Waals surface area contributed by atoms with Crippen LogP contribution in [0.1, 0.15) is 36.9 Å². The smallest absolute Gasteiger partial charge is 0.248 e. The monoisotopic (exact) mass is 528 g/mol. The summed E-state index contributed by atoms with van der Waals surface area (Å²) >= 11 is 0. The van der Waals surface area contributed by atoms with E-state index in [0.717, 1.165) is 80.8 Å². The Morgan fingerprint density at radius 3 is 2.65 bits per heavy atom. The molecule has 0 aliphatic carbocycles. The molecule has 37 heavy (non-hydrogen) atoms. The molecule has 0 bridgehead atoms. The molecule has 1 aromatic heterocycles. The average Bonchev–Trinajstić information content (AvgIpc) is 3.31. The van der Waals surface area contributed by atoms with Gasteiger partial charge in [-0.25, -0.2) is 4.98 Å². The second-order valence-corrected chi connectivity index (χ2v) is 11.9. The third kappa shape index (κ3) is 5.72. The second kappa shape index (κ2) is 11.6. The minimum absolute atomic E-state index is 0.0107. The number of hydrogen-bond donors (Lipinski definition) is 1. The summed E-state index contributed by atoms with van der Waals surface area (Å²) in [5.74, 6) is 2.21. The number of aryl methyl sites for hydroxylation is 1. The summed E-state index contributed by atoms with van der Waals surface area (Å²) in [6.07, 6.45) is 4.44. The Hall–Kier alpha value is -2.40. The van der Waals surface area contributed by atoms with E-state index in [1.165, 1.54) is 5.56 Å². The number of anilines is 1. The first-order chi connectivity index (χ1) is 18.0. The summed E-state index contributed by atoms with van der Waals surface area (Å²) in [5, 5.41) is 2.21. The van der Waals surface area contributed by atoms with Crippen LogP contribution in [0, 0.1) is 0 Å². The number of fused-ring (bicyclic) bond motifs is 1. The number of piperidine rings is 1. The Labute approximate surface area is 221 Å². The van der Waals surface area contributed by atoms with Gasteiger partial charge in [-0.1, -0.05) is 30.3 Å². The van der Waals surface area contributed by atoms with Crippen LogP contribution in [0.2, 0.25) is 0 Å². The van der Waals surface area contributed by atoms with Gasteiger partial charge in [0, 0.05) is 64.2 Å². The molecule has 2 N–H and O–H groups in total. The first kappa shape index (κ1) is 26.2. The minimum atomic E-state index is -1.03. The van der Waals surface area contributed by atoms with E-state index in [2.05, 4.69) is 34.5 Å². The van der Waals surface area contributed by atoms with Crippen molar-refractivity contribution < 1.29 is 23.8 Å². The van der Waals surface area contributed by atoms with Gasteiger partial charge < -0.3 is 19.3 Å². The Morgan fingerprint density at radius 2 is 1.95 bits per heavy atom. The van der Waals surface area contributed by atoms with Gasteiger partial charge >= 0.3 is 0 Å². The third-order valence-corrected chi connectivity index (χ3v) is 9.46. The van der Waals surface area contributed by atoms with Crippen LogP contribution >= 0.6 is 0 Å². The molecule has 10 heteroatoms. The van der Waals surface area contributed by atoms with Crippen molar-refractivity contribution in [3.8, 4) is 0 Å². The summed E-state index contributed by atoms with van der Waals surface area (Å²) in [7, 11) is 2.38. The molecular weight excluding hydrogens is 490 g/mol. The number of rotatable bonds is 8. The zero-order chi connectivity index (χ0) is 25.8. The fraction of sp³-hybridized carbons (Fsp3) is 0.593. The standard InChI is InChI=1S/C27H37N5O4S/c1-31(23(33)18-35-2)19-27(20-6-4-3-5-7-20)11-13-32(14-12-27)26-29-22-10-17-37(34)24(22)25(30-26)28-21-8-15-36-16-9-21/h3-7,21H,8-19H2,1-2H3,(H,28,29,30)/p+1. The highest BCUT2D eigenvalue weighted by molar-refractivity contribution is 7.85. The number of nitrogens with zero attached hydrogens (tertiary/aromatic N) is 4. The van der Waals surface area contributed by atoms with Crippen molar-refractivity contribution in [1.82, 2.24) is 14.9 Å². The molecule has 2 aromatic rings. The van der Waals surface area contributed by atoms with Crippen molar-refractivity contribution in [3.05, 3.63) is 41.6 Å². The average molecular weight is 529 g/mol. The molecule has 9 nitrogen and oxygen atoms in total. The fourth-order valence-electron chi connectivity index (χ4n) is 5.81. The van der Waals surface area contributed by atoms with Crippen molar-refractivity contribution in [3.63, 3.8) is 0 Å². The molecule has 1 unspecified atom stereocenters. The van der Waals surface area contributed by atoms with Gasteiger partial charge in [0.2, 0.25) is 17.7 Å². The second-order valence-electron chi connectivity index (χ2n) is 10.4. The molecule has 1 atom stereocenters. The Balaban J connectivity index is 1.37. The van der Waals surface area contributed by atoms with Crippen molar-refractivity contribution >= 4 is 28.5 Å². The van der Waals surface area contributed by atoms with Gasteiger partial charge in [-0.2, -0.15) is 4.98 Å². The van der Waals surface area contributed by atoms with E-state index in [1.54, 1.807) is 12.0 Å². The number of aromatic nitrogens is 2. The molecule has 4 heterocycles. The van der Waals surface area contributed by atoms with Crippen LogP contribution in [-0.2, 0) is 36.9 Å². The summed E-state index contributed by atoms with van der Waals surface area (Å²) in [6.45, 7) is 3.84. The molecule has 3 aliphatic heterocycles. The van der Waals surface area contributed by atoms with Crippen LogP contribution in [0.5, 0.6) is 0 Å². The Kier molecular flexibility index (Phi) is 8.18. The predicted molar refractivity (Wildman–Crippen MR) is 142 cm³/mol. The predicted octanol–water partition coefficient (Wildman–Crippen LogP) is 1.16. The maximum absolute atomic E-state index is 12.8. The first-order valence-corrected chi connectivity index (χ1v) is 14.6. The van der Waals surface area contributed by atoms with Gasteiger partial charge in [0.05, 0.1) is 35.7 Å². The summed E-state index contributed by atoms with van der Waals surface area (Å²) in [5.41, 5.74) is 2.04. The Morgan fingerprint density at radius 1 is 1.22 bits per heavy atom. The molecule has 5 rings (SSSR count). The fourth-order valence-corrected chi connectivity index (χ4v) is 7.15. The van der Waals surface area contributed by atoms with E-state index >= 15 is 0 Å². The summed E-state index contributed by atoms with van der Waals surface area (Å²) in [6, 6.07) is 10.9. The minimum Gasteiger partial charge on any atom is -0.381 e. The molecule has 0 saturated carbocycles. The lowest BCUT2D eigenvalue weighted by atomic mass is 9.72. The lowest BCUT2D eigenvalue weighted by Gasteiger charge is -2.44. The SMILES string of the molecule is COCC(=O)N(C)CC1(c2ccccc2)CCN(c2nc3c(c([NH2+]C4CCOCC4)n2)S(=O)CC3)CC1. The van der Waals surface area contributed by atoms with Gasteiger partial charge in [-0.15, -0.1) is 0 Å². The van der Waals surface area contributed by atoms with Crippen LogP contribution < -0.4 is 10.2 Å². The molecule has 2 fully saturated rings. The molecule has 3 aliphatic rings. The largest absolute Gasteiger partial charge is 0.381 e. The van der Waals surface area contributed by atoms with E-state index in [9.17, 15) is 9.00 Å². The summed E-state index contributed by atoms with van der Waals surface area (Å²) in [4.78, 5) is 27.4. The van der Waals surface area contributed by atoms with E-state index in [1.807, 2.05) is 13.1 Å². The maximum Gasteiger partial charge on any atom is 0.248 e. The molecule has 0 radical (unpaired) electrons. The van der Waals surface area contributed by atoms with Gasteiger partial charge in [-0.3, -0.25) is 14.3 Å². The highest BCUT2D eigenvalue weighted by Crippen LogP contribution is 2.38. The lowest BCUT2D eigenvalue weighted by molar-refractivity contribution is -0.621. The zero-order valence-corrected chi connectivity index (χ0v) is 22.7. The molecule has 2 saturated heterocycles. The molecule has 1 aromatic carbocycles. The van der Waals surface area contributed by atoms with Crippen LogP contribution in [0.4, 0.5) is 11.8 Å². The number of ether oxygens (including phenoxy) is 2. The number of methoxy groups -OCH3 is 1. The quantitative estimate of drug-likeness (QED) is 0.549. The van der Waals surface area contributed by atoms with Crippen molar-refractivity contribution in [2.24, 2.45) is 0 Å². The van der Waals surface area contributed by atoms with Gasteiger partial charge in [-0.05, 0) is 18.4 Å². The van der Waals surface area contributed by atoms with E-state index in [-0.39, 0.29) is 17.9 Å². The van der Waals surface area contributed by atoms with Crippen molar-refractivity contribution in [2.75, 3.05) is 64.3 Å². The van der Waals surface area contributed by atoms with Gasteiger partial charge in [0.1, 0.15) is 11.5 Å². The topological polar surface area (TPSA) is 101 Å². The highest BCUT2D eigenvalue weighted by Gasteiger charge is 2.39. The Bertz CT molecular complexity index is 1120. The first-order valence-electron chi connectivity index (χ1n) is 13.2.